The molecule has 102 valence electrons. The summed E-state index contributed by atoms with van der Waals surface area (Å²) in [5.74, 6) is 0. The van der Waals surface area contributed by atoms with Gasteiger partial charge in [-0.05, 0) is 52.4 Å². The summed E-state index contributed by atoms with van der Waals surface area (Å²) in [6, 6.07) is 0. The average Bonchev–Trinajstić information content (AvgIpc) is 1.94. The molecule has 0 saturated carbocycles. The van der Waals surface area contributed by atoms with Crippen LogP contribution in [0.5, 0.6) is 0 Å². The van der Waals surface area contributed by atoms with E-state index in [2.05, 4.69) is 59.0 Å². The van der Waals surface area contributed by atoms with Crippen molar-refractivity contribution < 1.29 is 12.3 Å². The highest BCUT2D eigenvalue weighted by molar-refractivity contribution is 6.87. The first-order valence-electron chi connectivity index (χ1n) is 6.08. The van der Waals surface area contributed by atoms with Gasteiger partial charge in [-0.3, -0.25) is 0 Å². The maximum absolute atomic E-state index is 6.23. The Balaban J connectivity index is 4.52. The van der Waals surface area contributed by atoms with Gasteiger partial charge < -0.3 is 12.3 Å². The summed E-state index contributed by atoms with van der Waals surface area (Å²) in [6.45, 7) is 20.9. The first-order valence-corrected chi connectivity index (χ1v) is 17.4. The molecule has 0 saturated heterocycles. The zero-order valence-corrected chi connectivity index (χ0v) is 16.7. The van der Waals surface area contributed by atoms with Crippen LogP contribution in [0.3, 0.4) is 0 Å². The van der Waals surface area contributed by atoms with Crippen molar-refractivity contribution in [1.29, 1.82) is 0 Å². The van der Waals surface area contributed by atoms with Crippen molar-refractivity contribution in [1.82, 2.24) is 0 Å². The van der Waals surface area contributed by atoms with Crippen LogP contribution < -0.4 is 0 Å². The topological polar surface area (TPSA) is 27.7 Å². The van der Waals surface area contributed by atoms with Gasteiger partial charge in [0.1, 0.15) is 0 Å². The second-order valence-corrected chi connectivity index (χ2v) is 20.5. The number of rotatable bonds is 7. The van der Waals surface area contributed by atoms with Gasteiger partial charge in [0.2, 0.25) is 0 Å². The molecule has 17 heavy (non-hydrogen) atoms. The van der Waals surface area contributed by atoms with Gasteiger partial charge in [0, 0.05) is 0 Å². The second kappa shape index (κ2) is 6.09. The summed E-state index contributed by atoms with van der Waals surface area (Å²) >= 11 is 0. The fourth-order valence-electron chi connectivity index (χ4n) is 1.87. The lowest BCUT2D eigenvalue weighted by Gasteiger charge is -2.37. The highest BCUT2D eigenvalue weighted by atomic mass is 28.5. The van der Waals surface area contributed by atoms with Crippen LogP contribution in [0.1, 0.15) is 0 Å². The minimum atomic E-state index is -2.07. The summed E-state index contributed by atoms with van der Waals surface area (Å²) in [5, 5.41) is 0. The van der Waals surface area contributed by atoms with Crippen LogP contribution in [-0.4, -0.2) is 34.5 Å². The summed E-state index contributed by atoms with van der Waals surface area (Å²) < 4.78 is 18.4. The van der Waals surface area contributed by atoms with Crippen LogP contribution in [0, 0.1) is 0 Å². The van der Waals surface area contributed by atoms with E-state index in [9.17, 15) is 0 Å². The van der Waals surface area contributed by atoms with Crippen LogP contribution in [0.4, 0.5) is 0 Å². The molecule has 1 atom stereocenters. The third-order valence-electron chi connectivity index (χ3n) is 1.85. The predicted octanol–water partition coefficient (Wildman–Crippen LogP) is 3.35. The SMILES string of the molecule is C=C[SiH](C)O[Si](C)(C)O[Si](C)(C)O[Si](C)(C)C. The minimum absolute atomic E-state index is 1.27. The Morgan fingerprint density at radius 3 is 1.71 bits per heavy atom. The minimum Gasteiger partial charge on any atom is -0.437 e. The van der Waals surface area contributed by atoms with E-state index in [0.29, 0.717) is 0 Å². The molecule has 0 heterocycles. The zero-order chi connectivity index (χ0) is 13.9. The molecule has 0 aliphatic rings. The summed E-state index contributed by atoms with van der Waals surface area (Å²) in [7, 11) is -6.96. The van der Waals surface area contributed by atoms with Gasteiger partial charge in [-0.2, -0.15) is 0 Å². The summed E-state index contributed by atoms with van der Waals surface area (Å²) in [4.78, 5) is 0. The Labute approximate surface area is 112 Å². The van der Waals surface area contributed by atoms with Crippen molar-refractivity contribution in [3.63, 3.8) is 0 Å². The van der Waals surface area contributed by atoms with Crippen LogP contribution in [0.25, 0.3) is 0 Å². The highest BCUT2D eigenvalue weighted by Crippen LogP contribution is 2.21. The Kier molecular flexibility index (Phi) is 6.26. The fourth-order valence-corrected chi connectivity index (χ4v) is 17.6. The Hall–Kier alpha value is 0.488. The Morgan fingerprint density at radius 2 is 1.35 bits per heavy atom. The summed E-state index contributed by atoms with van der Waals surface area (Å²) in [5.41, 5.74) is 1.94. The van der Waals surface area contributed by atoms with Gasteiger partial charge in [0.05, 0.1) is 0 Å². The summed E-state index contributed by atoms with van der Waals surface area (Å²) in [6.07, 6.45) is 0. The van der Waals surface area contributed by atoms with Gasteiger partial charge in [0.15, 0.2) is 17.4 Å². The van der Waals surface area contributed by atoms with Crippen molar-refractivity contribution in [3.05, 3.63) is 12.3 Å². The van der Waals surface area contributed by atoms with Crippen molar-refractivity contribution in [2.24, 2.45) is 0 Å². The van der Waals surface area contributed by atoms with Crippen molar-refractivity contribution in [2.75, 3.05) is 0 Å². The molecule has 0 spiro atoms. The smallest absolute Gasteiger partial charge is 0.312 e. The molecular formula is C10H28O3Si4. The lowest BCUT2D eigenvalue weighted by Crippen LogP contribution is -2.53. The second-order valence-electron chi connectivity index (χ2n) is 6.17. The molecule has 0 aromatic heterocycles. The molecule has 0 aromatic rings. The molecule has 0 bridgehead atoms. The first kappa shape index (κ1) is 17.5. The number of hydrogen-bond donors (Lipinski definition) is 0. The molecule has 0 fully saturated rings. The molecule has 1 unspecified atom stereocenters. The Morgan fingerprint density at radius 1 is 0.882 bits per heavy atom. The maximum atomic E-state index is 6.23. The van der Waals surface area contributed by atoms with E-state index < -0.39 is 34.5 Å². The standard InChI is InChI=1S/C10H28O3Si4/c1-10-14(2)11-16(6,7)13-17(8,9)12-15(3,4)5/h10,14H,1H2,2-9H3. The molecular weight excluding hydrogens is 280 g/mol. The van der Waals surface area contributed by atoms with E-state index in [4.69, 9.17) is 12.3 Å². The average molecular weight is 309 g/mol. The quantitative estimate of drug-likeness (QED) is 0.675. The van der Waals surface area contributed by atoms with E-state index in [1.165, 1.54) is 0 Å². The molecule has 0 N–H and O–H groups in total. The van der Waals surface area contributed by atoms with E-state index >= 15 is 0 Å². The third-order valence-corrected chi connectivity index (χ3v) is 14.6. The van der Waals surface area contributed by atoms with Crippen molar-refractivity contribution in [3.8, 4) is 0 Å². The van der Waals surface area contributed by atoms with E-state index in [-0.39, 0.29) is 0 Å². The molecule has 7 heteroatoms. The van der Waals surface area contributed by atoms with Crippen LogP contribution >= 0.6 is 0 Å². The largest absolute Gasteiger partial charge is 0.437 e. The van der Waals surface area contributed by atoms with Crippen molar-refractivity contribution >= 4 is 34.5 Å². The van der Waals surface area contributed by atoms with Crippen LogP contribution in [0.2, 0.25) is 52.4 Å². The lowest BCUT2D eigenvalue weighted by molar-refractivity contribution is 0.336. The molecule has 0 radical (unpaired) electrons. The normalized spacial score (nSPS) is 15.8. The molecule has 0 amide bonds. The van der Waals surface area contributed by atoms with Gasteiger partial charge in [-0.15, -0.1) is 6.58 Å². The van der Waals surface area contributed by atoms with Gasteiger partial charge >= 0.3 is 17.1 Å². The third kappa shape index (κ3) is 9.11. The predicted molar refractivity (Wildman–Crippen MR) is 84.8 cm³/mol. The molecule has 0 aromatic carbocycles. The van der Waals surface area contributed by atoms with Gasteiger partial charge in [-0.1, -0.05) is 5.70 Å². The monoisotopic (exact) mass is 308 g/mol. The Bertz CT molecular complexity index is 261. The van der Waals surface area contributed by atoms with Gasteiger partial charge in [-0.25, -0.2) is 0 Å². The fraction of sp³-hybridized carbons (Fsp3) is 0.800. The maximum Gasteiger partial charge on any atom is 0.312 e. The molecule has 0 aliphatic carbocycles. The lowest BCUT2D eigenvalue weighted by atomic mass is 11.3. The van der Waals surface area contributed by atoms with E-state index in [1.54, 1.807) is 0 Å². The molecule has 0 aliphatic heterocycles. The number of hydrogen-bond acceptors (Lipinski definition) is 3. The molecule has 3 nitrogen and oxygen atoms in total. The van der Waals surface area contributed by atoms with Crippen LogP contribution in [0.15, 0.2) is 12.3 Å². The van der Waals surface area contributed by atoms with Gasteiger partial charge in [0.25, 0.3) is 0 Å². The van der Waals surface area contributed by atoms with E-state index in [0.717, 1.165) is 0 Å². The molecule has 0 rings (SSSR count). The van der Waals surface area contributed by atoms with E-state index in [1.807, 2.05) is 5.70 Å². The van der Waals surface area contributed by atoms with Crippen molar-refractivity contribution in [2.45, 2.75) is 52.4 Å². The highest BCUT2D eigenvalue weighted by Gasteiger charge is 2.39. The first-order chi connectivity index (χ1) is 7.37. The zero-order valence-electron chi connectivity index (χ0n) is 12.6. The van der Waals surface area contributed by atoms with Crippen LogP contribution in [-0.2, 0) is 12.3 Å².